The minimum Gasteiger partial charge on any atom is -0.357 e. The van der Waals surface area contributed by atoms with Crippen LogP contribution in [0.25, 0.3) is 0 Å². The van der Waals surface area contributed by atoms with Crippen LogP contribution in [0.15, 0.2) is 29.4 Å². The van der Waals surface area contributed by atoms with Crippen molar-refractivity contribution in [3.05, 3.63) is 30.1 Å². The average molecular weight is 232 g/mol. The Kier molecular flexibility index (Phi) is 3.96. The monoisotopic (exact) mass is 232 g/mol. The van der Waals surface area contributed by atoms with Crippen LogP contribution in [0, 0.1) is 5.92 Å². The van der Waals surface area contributed by atoms with Crippen LogP contribution < -0.4 is 10.6 Å². The molecule has 1 aliphatic rings. The quantitative estimate of drug-likeness (QED) is 0.611. The topological polar surface area (TPSA) is 49.3 Å². The molecule has 0 amide bonds. The molecule has 1 aliphatic carbocycles. The van der Waals surface area contributed by atoms with Crippen LogP contribution in [-0.2, 0) is 6.54 Å². The molecule has 0 bridgehead atoms. The summed E-state index contributed by atoms with van der Waals surface area (Å²) in [6.45, 7) is 5.83. The molecule has 1 fully saturated rings. The zero-order chi connectivity index (χ0) is 12.1. The molecule has 4 heteroatoms. The number of nitrogens with zero attached hydrogens (tertiary/aromatic N) is 2. The van der Waals surface area contributed by atoms with Crippen molar-refractivity contribution < 1.29 is 0 Å². The Bertz CT molecular complexity index is 374. The van der Waals surface area contributed by atoms with Crippen molar-refractivity contribution in [2.45, 2.75) is 32.9 Å². The van der Waals surface area contributed by atoms with E-state index in [4.69, 9.17) is 0 Å². The van der Waals surface area contributed by atoms with E-state index in [-0.39, 0.29) is 0 Å². The van der Waals surface area contributed by atoms with E-state index in [2.05, 4.69) is 34.5 Å². The predicted octanol–water partition coefficient (Wildman–Crippen LogP) is 1.55. The number of guanidine groups is 1. The molecule has 1 aromatic rings. The lowest BCUT2D eigenvalue weighted by molar-refractivity contribution is 0.765. The van der Waals surface area contributed by atoms with Gasteiger partial charge in [0.1, 0.15) is 0 Å². The Morgan fingerprint density at radius 1 is 1.53 bits per heavy atom. The van der Waals surface area contributed by atoms with E-state index in [1.165, 1.54) is 6.42 Å². The fourth-order valence-corrected chi connectivity index (χ4v) is 1.67. The van der Waals surface area contributed by atoms with Gasteiger partial charge in [-0.3, -0.25) is 4.98 Å². The van der Waals surface area contributed by atoms with Crippen LogP contribution >= 0.6 is 0 Å². The molecule has 0 spiro atoms. The van der Waals surface area contributed by atoms with Crippen molar-refractivity contribution >= 4 is 5.96 Å². The van der Waals surface area contributed by atoms with Gasteiger partial charge in [0.25, 0.3) is 0 Å². The van der Waals surface area contributed by atoms with Crippen molar-refractivity contribution in [2.24, 2.45) is 10.9 Å². The zero-order valence-corrected chi connectivity index (χ0v) is 10.5. The van der Waals surface area contributed by atoms with Crippen molar-refractivity contribution in [3.63, 3.8) is 0 Å². The van der Waals surface area contributed by atoms with Crippen molar-refractivity contribution in [1.82, 2.24) is 15.6 Å². The molecule has 0 radical (unpaired) electrons. The minimum atomic E-state index is 0.594. The largest absolute Gasteiger partial charge is 0.357 e. The second kappa shape index (κ2) is 5.66. The second-order valence-corrected chi connectivity index (χ2v) is 4.48. The lowest BCUT2D eigenvalue weighted by atomic mass is 10.3. The number of aromatic nitrogens is 1. The summed E-state index contributed by atoms with van der Waals surface area (Å²) < 4.78 is 0. The van der Waals surface area contributed by atoms with Gasteiger partial charge in [0, 0.05) is 18.8 Å². The number of pyridine rings is 1. The molecule has 2 unspecified atom stereocenters. The Hall–Kier alpha value is -1.58. The van der Waals surface area contributed by atoms with E-state index in [0.717, 1.165) is 24.1 Å². The third-order valence-electron chi connectivity index (χ3n) is 2.90. The maximum atomic E-state index is 4.53. The van der Waals surface area contributed by atoms with Gasteiger partial charge in [0.2, 0.25) is 0 Å². The van der Waals surface area contributed by atoms with E-state index < -0.39 is 0 Å². The molecule has 2 N–H and O–H groups in total. The van der Waals surface area contributed by atoms with Crippen LogP contribution in [0.2, 0.25) is 0 Å². The smallest absolute Gasteiger partial charge is 0.191 e. The van der Waals surface area contributed by atoms with Crippen LogP contribution in [0.3, 0.4) is 0 Å². The summed E-state index contributed by atoms with van der Waals surface area (Å²) in [6, 6.07) is 6.49. The van der Waals surface area contributed by atoms with Crippen LogP contribution in [0.5, 0.6) is 0 Å². The fourth-order valence-electron chi connectivity index (χ4n) is 1.67. The molecule has 1 aromatic heterocycles. The predicted molar refractivity (Wildman–Crippen MR) is 69.8 cm³/mol. The Balaban J connectivity index is 1.90. The Morgan fingerprint density at radius 3 is 2.94 bits per heavy atom. The third-order valence-corrected chi connectivity index (χ3v) is 2.90. The molecule has 2 rings (SSSR count). The van der Waals surface area contributed by atoms with E-state index in [0.29, 0.717) is 12.6 Å². The molecule has 0 saturated heterocycles. The lowest BCUT2D eigenvalue weighted by Gasteiger charge is -2.10. The van der Waals surface area contributed by atoms with Gasteiger partial charge in [0.15, 0.2) is 5.96 Å². The van der Waals surface area contributed by atoms with Gasteiger partial charge >= 0.3 is 0 Å². The van der Waals surface area contributed by atoms with Gasteiger partial charge < -0.3 is 10.6 Å². The first-order valence-electron chi connectivity index (χ1n) is 6.24. The molecule has 4 nitrogen and oxygen atoms in total. The van der Waals surface area contributed by atoms with Crippen LogP contribution in [0.1, 0.15) is 26.0 Å². The Labute approximate surface area is 103 Å². The first-order chi connectivity index (χ1) is 8.29. The maximum absolute atomic E-state index is 4.53. The summed E-state index contributed by atoms with van der Waals surface area (Å²) in [7, 11) is 0. The van der Waals surface area contributed by atoms with Gasteiger partial charge in [-0.2, -0.15) is 0 Å². The highest BCUT2D eigenvalue weighted by Crippen LogP contribution is 2.28. The molecule has 1 heterocycles. The molecule has 0 aliphatic heterocycles. The number of hydrogen-bond acceptors (Lipinski definition) is 2. The van der Waals surface area contributed by atoms with Gasteiger partial charge in [-0.1, -0.05) is 13.0 Å². The third kappa shape index (κ3) is 3.73. The number of aliphatic imine (C=N–C) groups is 1. The molecular weight excluding hydrogens is 212 g/mol. The summed E-state index contributed by atoms with van der Waals surface area (Å²) in [5.74, 6) is 1.67. The molecule has 17 heavy (non-hydrogen) atoms. The maximum Gasteiger partial charge on any atom is 0.191 e. The van der Waals surface area contributed by atoms with Crippen molar-refractivity contribution in [3.8, 4) is 0 Å². The van der Waals surface area contributed by atoms with E-state index in [9.17, 15) is 0 Å². The first kappa shape index (κ1) is 11.9. The summed E-state index contributed by atoms with van der Waals surface area (Å²) in [5.41, 5.74) is 0.994. The van der Waals surface area contributed by atoms with E-state index >= 15 is 0 Å². The standard InChI is InChI=1S/C13H20N4/c1-3-14-13(17-12-8-10(12)2)16-9-11-6-4-5-7-15-11/h4-7,10,12H,3,8-9H2,1-2H3,(H2,14,16,17). The molecule has 92 valence electrons. The highest BCUT2D eigenvalue weighted by atomic mass is 15.2. The normalized spacial score (nSPS) is 23.3. The number of nitrogens with one attached hydrogen (secondary N) is 2. The number of rotatable bonds is 4. The van der Waals surface area contributed by atoms with Gasteiger partial charge in [0.05, 0.1) is 12.2 Å². The SMILES string of the molecule is CCNC(=NCc1ccccn1)NC1CC1C. The molecule has 2 atom stereocenters. The fraction of sp³-hybridized carbons (Fsp3) is 0.538. The highest BCUT2D eigenvalue weighted by Gasteiger charge is 2.33. The van der Waals surface area contributed by atoms with Gasteiger partial charge in [-0.05, 0) is 31.4 Å². The first-order valence-corrected chi connectivity index (χ1v) is 6.24. The molecule has 0 aromatic carbocycles. The zero-order valence-electron chi connectivity index (χ0n) is 10.5. The van der Waals surface area contributed by atoms with Gasteiger partial charge in [-0.25, -0.2) is 4.99 Å². The minimum absolute atomic E-state index is 0.594. The van der Waals surface area contributed by atoms with E-state index in [1.807, 2.05) is 18.2 Å². The summed E-state index contributed by atoms with van der Waals surface area (Å²) in [4.78, 5) is 8.79. The number of hydrogen-bond donors (Lipinski definition) is 2. The van der Waals surface area contributed by atoms with Crippen LogP contribution in [0.4, 0.5) is 0 Å². The highest BCUT2D eigenvalue weighted by molar-refractivity contribution is 5.80. The van der Waals surface area contributed by atoms with E-state index in [1.54, 1.807) is 6.20 Å². The van der Waals surface area contributed by atoms with Crippen molar-refractivity contribution in [2.75, 3.05) is 6.54 Å². The molecule has 1 saturated carbocycles. The summed E-state index contributed by atoms with van der Waals surface area (Å²) >= 11 is 0. The lowest BCUT2D eigenvalue weighted by Crippen LogP contribution is -2.39. The average Bonchev–Trinajstić information content (AvgIpc) is 3.04. The van der Waals surface area contributed by atoms with Gasteiger partial charge in [-0.15, -0.1) is 0 Å². The van der Waals surface area contributed by atoms with Crippen molar-refractivity contribution in [1.29, 1.82) is 0 Å². The Morgan fingerprint density at radius 2 is 2.35 bits per heavy atom. The summed E-state index contributed by atoms with van der Waals surface area (Å²) in [6.07, 6.45) is 3.04. The summed E-state index contributed by atoms with van der Waals surface area (Å²) in [5, 5.41) is 6.68. The second-order valence-electron chi connectivity index (χ2n) is 4.48. The molecular formula is C13H20N4. The van der Waals surface area contributed by atoms with Crippen LogP contribution in [-0.4, -0.2) is 23.5 Å².